The Labute approximate surface area is 126 Å². The molecule has 0 aromatic heterocycles. The lowest BCUT2D eigenvalue weighted by molar-refractivity contribution is -0.122. The van der Waals surface area contributed by atoms with Gasteiger partial charge in [-0.2, -0.15) is 0 Å². The van der Waals surface area contributed by atoms with Gasteiger partial charge in [-0.05, 0) is 31.2 Å². The molecule has 2 rings (SSSR count). The van der Waals surface area contributed by atoms with Gasteiger partial charge in [-0.1, -0.05) is 37.3 Å². The van der Waals surface area contributed by atoms with Gasteiger partial charge in [0.05, 0.1) is 5.75 Å². The summed E-state index contributed by atoms with van der Waals surface area (Å²) in [6.45, 7) is 1.80. The third-order valence-corrected chi connectivity index (χ3v) is 4.91. The predicted octanol–water partition coefficient (Wildman–Crippen LogP) is 1.21. The van der Waals surface area contributed by atoms with Gasteiger partial charge in [0.2, 0.25) is 15.9 Å². The Morgan fingerprint density at radius 2 is 1.95 bits per heavy atom. The molecular weight excluding hydrogens is 288 g/mol. The van der Waals surface area contributed by atoms with Gasteiger partial charge >= 0.3 is 0 Å². The van der Waals surface area contributed by atoms with E-state index < -0.39 is 16.1 Å². The first kappa shape index (κ1) is 16.0. The highest BCUT2D eigenvalue weighted by Gasteiger charge is 2.29. The molecule has 0 bridgehead atoms. The maximum atomic E-state index is 12.2. The Morgan fingerprint density at radius 3 is 2.52 bits per heavy atom. The van der Waals surface area contributed by atoms with Gasteiger partial charge in [0, 0.05) is 6.04 Å². The van der Waals surface area contributed by atoms with Crippen LogP contribution in [0.5, 0.6) is 0 Å². The minimum absolute atomic E-state index is 0.0367. The van der Waals surface area contributed by atoms with Crippen LogP contribution in [0.2, 0.25) is 0 Å². The number of benzene rings is 1. The molecule has 5 nitrogen and oxygen atoms in total. The average Bonchev–Trinajstić information content (AvgIpc) is 3.22. The maximum absolute atomic E-state index is 12.2. The lowest BCUT2D eigenvalue weighted by atomic mass is 10.1. The quantitative estimate of drug-likeness (QED) is 0.758. The third-order valence-electron chi connectivity index (χ3n) is 3.32. The van der Waals surface area contributed by atoms with Crippen LogP contribution in [0, 0.1) is 0 Å². The summed E-state index contributed by atoms with van der Waals surface area (Å²) in [6.07, 6.45) is 2.84. The van der Waals surface area contributed by atoms with Crippen molar-refractivity contribution in [3.8, 4) is 0 Å². The topological polar surface area (TPSA) is 75.3 Å². The van der Waals surface area contributed by atoms with Crippen LogP contribution in [0.1, 0.15) is 31.7 Å². The number of carbonyl (C=O) groups excluding carboxylic acids is 1. The second-order valence-corrected chi connectivity index (χ2v) is 7.34. The molecule has 0 spiro atoms. The van der Waals surface area contributed by atoms with E-state index in [1.165, 1.54) is 0 Å². The number of nitrogens with one attached hydrogen (secondary N) is 2. The van der Waals surface area contributed by atoms with Crippen LogP contribution in [-0.4, -0.2) is 32.2 Å². The van der Waals surface area contributed by atoms with Crippen molar-refractivity contribution in [2.45, 2.75) is 44.7 Å². The number of carbonyl (C=O) groups is 1. The highest BCUT2D eigenvalue weighted by Crippen LogP contribution is 2.19. The number of rotatable bonds is 8. The largest absolute Gasteiger partial charge is 0.352 e. The van der Waals surface area contributed by atoms with Crippen LogP contribution in [0.15, 0.2) is 30.3 Å². The lowest BCUT2D eigenvalue weighted by Gasteiger charge is -2.18. The van der Waals surface area contributed by atoms with E-state index in [1.807, 2.05) is 30.3 Å². The molecule has 116 valence electrons. The Hall–Kier alpha value is -1.40. The summed E-state index contributed by atoms with van der Waals surface area (Å²) in [6, 6.07) is 8.91. The van der Waals surface area contributed by atoms with Crippen molar-refractivity contribution in [2.75, 3.05) is 5.75 Å². The molecule has 1 aliphatic rings. The Kier molecular flexibility index (Phi) is 5.36. The van der Waals surface area contributed by atoms with Crippen LogP contribution in [0.25, 0.3) is 0 Å². The van der Waals surface area contributed by atoms with E-state index in [2.05, 4.69) is 10.0 Å². The fourth-order valence-electron chi connectivity index (χ4n) is 2.11. The first-order valence-corrected chi connectivity index (χ1v) is 8.99. The zero-order valence-corrected chi connectivity index (χ0v) is 13.0. The molecular formula is C15H22N2O3S. The van der Waals surface area contributed by atoms with Gasteiger partial charge in [-0.3, -0.25) is 4.79 Å². The van der Waals surface area contributed by atoms with Crippen molar-refractivity contribution in [3.63, 3.8) is 0 Å². The van der Waals surface area contributed by atoms with Crippen LogP contribution < -0.4 is 10.0 Å². The first-order valence-electron chi connectivity index (χ1n) is 7.34. The van der Waals surface area contributed by atoms with Crippen molar-refractivity contribution >= 4 is 15.9 Å². The minimum Gasteiger partial charge on any atom is -0.352 e. The standard InChI is InChI=1S/C15H22N2O3S/c1-2-10-21(19,20)17-14(15(18)16-13-8-9-13)11-12-6-4-3-5-7-12/h3-7,13-14,17H,2,8-11H2,1H3,(H,16,18)/t14-/m1/s1. The van der Waals surface area contributed by atoms with Gasteiger partial charge in [-0.15, -0.1) is 0 Å². The Bertz CT molecular complexity index is 568. The van der Waals surface area contributed by atoms with Crippen LogP contribution >= 0.6 is 0 Å². The monoisotopic (exact) mass is 310 g/mol. The average molecular weight is 310 g/mol. The molecule has 6 heteroatoms. The molecule has 0 heterocycles. The summed E-state index contributed by atoms with van der Waals surface area (Å²) < 4.78 is 26.4. The van der Waals surface area contributed by atoms with E-state index in [4.69, 9.17) is 0 Å². The number of sulfonamides is 1. The van der Waals surface area contributed by atoms with E-state index >= 15 is 0 Å². The van der Waals surface area contributed by atoms with Crippen molar-refractivity contribution in [3.05, 3.63) is 35.9 Å². The van der Waals surface area contributed by atoms with Crippen molar-refractivity contribution < 1.29 is 13.2 Å². The first-order chi connectivity index (χ1) is 10.00. The highest BCUT2D eigenvalue weighted by atomic mass is 32.2. The van der Waals surface area contributed by atoms with Gasteiger partial charge in [0.25, 0.3) is 0 Å². The second-order valence-electron chi connectivity index (χ2n) is 5.46. The third kappa shape index (κ3) is 5.47. The summed E-state index contributed by atoms with van der Waals surface area (Å²) in [5.74, 6) is -0.198. The molecule has 0 radical (unpaired) electrons. The van der Waals surface area contributed by atoms with E-state index in [9.17, 15) is 13.2 Å². The van der Waals surface area contributed by atoms with Crippen molar-refractivity contribution in [2.24, 2.45) is 0 Å². The Balaban J connectivity index is 2.07. The van der Waals surface area contributed by atoms with Crippen molar-refractivity contribution in [1.82, 2.24) is 10.0 Å². The molecule has 1 aromatic carbocycles. The minimum atomic E-state index is -3.42. The lowest BCUT2D eigenvalue weighted by Crippen LogP contribution is -2.49. The van der Waals surface area contributed by atoms with Gasteiger partial charge in [0.15, 0.2) is 0 Å². The predicted molar refractivity (Wildman–Crippen MR) is 82.3 cm³/mol. The molecule has 1 saturated carbocycles. The number of hydrogen-bond acceptors (Lipinski definition) is 3. The van der Waals surface area contributed by atoms with Gasteiger partial charge in [0.1, 0.15) is 6.04 Å². The molecule has 1 aliphatic carbocycles. The summed E-state index contributed by atoms with van der Waals surface area (Å²) >= 11 is 0. The van der Waals surface area contributed by atoms with E-state index in [0.29, 0.717) is 12.8 Å². The highest BCUT2D eigenvalue weighted by molar-refractivity contribution is 7.89. The fraction of sp³-hybridized carbons (Fsp3) is 0.533. The van der Waals surface area contributed by atoms with E-state index in [1.54, 1.807) is 6.92 Å². The summed E-state index contributed by atoms with van der Waals surface area (Å²) in [5.41, 5.74) is 0.938. The summed E-state index contributed by atoms with van der Waals surface area (Å²) in [7, 11) is -3.42. The van der Waals surface area contributed by atoms with E-state index in [0.717, 1.165) is 18.4 Å². The van der Waals surface area contributed by atoms with Gasteiger partial charge in [-0.25, -0.2) is 13.1 Å². The van der Waals surface area contributed by atoms with E-state index in [-0.39, 0.29) is 17.7 Å². The Morgan fingerprint density at radius 1 is 1.29 bits per heavy atom. The molecule has 1 amide bonds. The maximum Gasteiger partial charge on any atom is 0.238 e. The molecule has 1 fully saturated rings. The van der Waals surface area contributed by atoms with Crippen molar-refractivity contribution in [1.29, 1.82) is 0 Å². The molecule has 0 saturated heterocycles. The summed E-state index contributed by atoms with van der Waals surface area (Å²) in [4.78, 5) is 12.2. The molecule has 0 unspecified atom stereocenters. The fourth-order valence-corrected chi connectivity index (χ4v) is 3.39. The summed E-state index contributed by atoms with van der Waals surface area (Å²) in [5, 5.41) is 2.87. The zero-order valence-electron chi connectivity index (χ0n) is 12.2. The SMILES string of the molecule is CCCS(=O)(=O)N[C@H](Cc1ccccc1)C(=O)NC1CC1. The molecule has 2 N–H and O–H groups in total. The molecule has 1 atom stereocenters. The van der Waals surface area contributed by atoms with Crippen LogP contribution in [0.3, 0.4) is 0 Å². The van der Waals surface area contributed by atoms with Gasteiger partial charge < -0.3 is 5.32 Å². The number of amides is 1. The smallest absolute Gasteiger partial charge is 0.238 e. The van der Waals surface area contributed by atoms with Crippen LogP contribution in [-0.2, 0) is 21.2 Å². The molecule has 21 heavy (non-hydrogen) atoms. The normalized spacial score (nSPS) is 16.4. The molecule has 0 aliphatic heterocycles. The molecule has 1 aromatic rings. The number of hydrogen-bond donors (Lipinski definition) is 2. The second kappa shape index (κ2) is 7.04. The zero-order chi connectivity index (χ0) is 15.3. The van der Waals surface area contributed by atoms with Crippen LogP contribution in [0.4, 0.5) is 0 Å².